The predicted octanol–water partition coefficient (Wildman–Crippen LogP) is 7.13. The fraction of sp³-hybridized carbons (Fsp3) is 0.304. The van der Waals surface area contributed by atoms with Crippen LogP contribution in [0.3, 0.4) is 0 Å². The second-order valence-electron chi connectivity index (χ2n) is 6.14. The number of ketones is 2. The number of hydrogen-bond donors (Lipinski definition) is 0. The van der Waals surface area contributed by atoms with Crippen molar-refractivity contribution in [3.8, 4) is 0 Å². The fourth-order valence-corrected chi connectivity index (χ4v) is 2.51. The van der Waals surface area contributed by atoms with Gasteiger partial charge in [0.05, 0.1) is 0 Å². The molecule has 0 bridgehead atoms. The second kappa shape index (κ2) is 12.4. The smallest absolute Gasteiger partial charge is 0.159 e. The van der Waals surface area contributed by atoms with E-state index in [1.54, 1.807) is 26.0 Å². The molecule has 2 rings (SSSR count). The summed E-state index contributed by atoms with van der Waals surface area (Å²) in [5, 5.41) is 0. The van der Waals surface area contributed by atoms with Crippen LogP contribution in [0, 0.1) is 0 Å². The number of unbranched alkanes of at least 4 members (excludes halogenated alkanes) is 3. The molecule has 0 spiro atoms. The van der Waals surface area contributed by atoms with Crippen molar-refractivity contribution in [1.29, 1.82) is 0 Å². The topological polar surface area (TPSA) is 34.1 Å². The van der Waals surface area contributed by atoms with Crippen LogP contribution < -0.4 is 0 Å². The normalized spacial score (nSPS) is 10.3. The first-order chi connectivity index (χ1) is 12.4. The molecule has 0 amide bonds. The number of halogens is 1. The summed E-state index contributed by atoms with van der Waals surface area (Å²) in [5.41, 5.74) is 2.70. The largest absolute Gasteiger partial charge is 0.295 e. The minimum Gasteiger partial charge on any atom is -0.295 e. The zero-order chi connectivity index (χ0) is 19.4. The highest BCUT2D eigenvalue weighted by Crippen LogP contribution is 2.10. The van der Waals surface area contributed by atoms with E-state index in [1.807, 2.05) is 36.4 Å². The van der Waals surface area contributed by atoms with Gasteiger partial charge in [-0.25, -0.2) is 0 Å². The van der Waals surface area contributed by atoms with Gasteiger partial charge in [0, 0.05) is 15.6 Å². The Labute approximate surface area is 165 Å². The fourth-order valence-electron chi connectivity index (χ4n) is 2.25. The summed E-state index contributed by atoms with van der Waals surface area (Å²) in [5.74, 6) is 0.228. The first-order valence-corrected chi connectivity index (χ1v) is 9.77. The number of rotatable bonds is 7. The zero-order valence-corrected chi connectivity index (χ0v) is 17.4. The molecule has 0 atom stereocenters. The van der Waals surface area contributed by atoms with E-state index in [4.69, 9.17) is 0 Å². The summed E-state index contributed by atoms with van der Waals surface area (Å²) in [6, 6.07) is 15.1. The van der Waals surface area contributed by atoms with Gasteiger partial charge in [0.2, 0.25) is 0 Å². The number of benzene rings is 2. The van der Waals surface area contributed by atoms with Crippen molar-refractivity contribution in [2.24, 2.45) is 0 Å². The average Bonchev–Trinajstić information content (AvgIpc) is 2.63. The van der Waals surface area contributed by atoms with Crippen molar-refractivity contribution in [2.45, 2.75) is 46.5 Å². The molecule has 0 N–H and O–H groups in total. The summed E-state index contributed by atoms with van der Waals surface area (Å²) in [6.45, 7) is 5.36. The molecule has 0 aliphatic rings. The molecular formula is C23H27BrO2. The third-order valence-electron chi connectivity index (χ3n) is 3.85. The molecule has 138 valence electrons. The minimum atomic E-state index is 0.104. The van der Waals surface area contributed by atoms with Gasteiger partial charge in [-0.1, -0.05) is 84.2 Å². The lowest BCUT2D eigenvalue weighted by atomic mass is 10.1. The van der Waals surface area contributed by atoms with Crippen molar-refractivity contribution in [2.75, 3.05) is 0 Å². The molecular weight excluding hydrogens is 388 g/mol. The lowest BCUT2D eigenvalue weighted by molar-refractivity contribution is 0.100. The lowest BCUT2D eigenvalue weighted by Gasteiger charge is -1.97. The summed E-state index contributed by atoms with van der Waals surface area (Å²) in [6.07, 6.45) is 9.30. The molecule has 2 nitrogen and oxygen atoms in total. The molecule has 0 saturated carbocycles. The Balaban J connectivity index is 0.000000289. The maximum absolute atomic E-state index is 11.1. The van der Waals surface area contributed by atoms with Crippen LogP contribution in [0.15, 0.2) is 59.1 Å². The Hall–Kier alpha value is -2.00. The summed E-state index contributed by atoms with van der Waals surface area (Å²) in [7, 11) is 0. The van der Waals surface area contributed by atoms with Crippen LogP contribution in [0.2, 0.25) is 0 Å². The van der Waals surface area contributed by atoms with Crippen molar-refractivity contribution in [3.63, 3.8) is 0 Å². The summed E-state index contributed by atoms with van der Waals surface area (Å²) < 4.78 is 0.998. The van der Waals surface area contributed by atoms with E-state index < -0.39 is 0 Å². The van der Waals surface area contributed by atoms with Gasteiger partial charge >= 0.3 is 0 Å². The van der Waals surface area contributed by atoms with Gasteiger partial charge in [-0.2, -0.15) is 0 Å². The van der Waals surface area contributed by atoms with Gasteiger partial charge in [0.25, 0.3) is 0 Å². The Morgan fingerprint density at radius 3 is 1.81 bits per heavy atom. The van der Waals surface area contributed by atoms with Crippen LogP contribution in [0.4, 0.5) is 0 Å². The maximum atomic E-state index is 11.1. The molecule has 0 saturated heterocycles. The number of carbonyl (C=O) groups excluding carboxylic acids is 2. The van der Waals surface area contributed by atoms with E-state index in [0.29, 0.717) is 0 Å². The van der Waals surface area contributed by atoms with E-state index in [-0.39, 0.29) is 11.6 Å². The van der Waals surface area contributed by atoms with Crippen molar-refractivity contribution >= 4 is 33.6 Å². The molecule has 0 aliphatic heterocycles. The molecule has 0 aliphatic carbocycles. The number of Topliss-reactive ketones (excluding diaryl/α,β-unsaturated/α-hetero) is 2. The van der Waals surface area contributed by atoms with Crippen LogP contribution in [0.5, 0.6) is 0 Å². The second-order valence-corrected chi connectivity index (χ2v) is 7.06. The van der Waals surface area contributed by atoms with E-state index in [9.17, 15) is 9.59 Å². The highest BCUT2D eigenvalue weighted by molar-refractivity contribution is 9.10. The Morgan fingerprint density at radius 2 is 1.35 bits per heavy atom. The van der Waals surface area contributed by atoms with E-state index in [1.165, 1.54) is 24.8 Å². The number of hydrogen-bond acceptors (Lipinski definition) is 2. The molecule has 0 radical (unpaired) electrons. The van der Waals surface area contributed by atoms with Crippen LogP contribution in [0.1, 0.15) is 72.7 Å². The van der Waals surface area contributed by atoms with Gasteiger partial charge in [0.1, 0.15) is 0 Å². The number of carbonyl (C=O) groups is 2. The van der Waals surface area contributed by atoms with Crippen LogP contribution in [0.25, 0.3) is 6.08 Å². The van der Waals surface area contributed by atoms with E-state index in [2.05, 4.69) is 35.0 Å². The van der Waals surface area contributed by atoms with Gasteiger partial charge in [-0.15, -0.1) is 0 Å². The predicted molar refractivity (Wildman–Crippen MR) is 114 cm³/mol. The Kier molecular flexibility index (Phi) is 10.5. The monoisotopic (exact) mass is 414 g/mol. The van der Waals surface area contributed by atoms with E-state index in [0.717, 1.165) is 22.0 Å². The first-order valence-electron chi connectivity index (χ1n) is 8.98. The van der Waals surface area contributed by atoms with Gasteiger partial charge < -0.3 is 0 Å². The minimum absolute atomic E-state index is 0.104. The summed E-state index contributed by atoms with van der Waals surface area (Å²) >= 11 is 3.28. The van der Waals surface area contributed by atoms with E-state index >= 15 is 0 Å². The third-order valence-corrected chi connectivity index (χ3v) is 4.38. The molecule has 2 aromatic rings. The van der Waals surface area contributed by atoms with Crippen LogP contribution in [-0.2, 0) is 0 Å². The lowest BCUT2D eigenvalue weighted by Crippen LogP contribution is -1.90. The van der Waals surface area contributed by atoms with Crippen molar-refractivity contribution < 1.29 is 9.59 Å². The zero-order valence-electron chi connectivity index (χ0n) is 15.8. The molecule has 0 heterocycles. The Morgan fingerprint density at radius 1 is 0.846 bits per heavy atom. The maximum Gasteiger partial charge on any atom is 0.159 e. The summed E-state index contributed by atoms with van der Waals surface area (Å²) in [4.78, 5) is 21.8. The van der Waals surface area contributed by atoms with Crippen molar-refractivity contribution in [1.82, 2.24) is 0 Å². The SMILES string of the molecule is CC(=O)c1ccc(Br)cc1.CCCCC/C=C/c1ccc(C(C)=O)cc1. The highest BCUT2D eigenvalue weighted by atomic mass is 79.9. The molecule has 26 heavy (non-hydrogen) atoms. The standard InChI is InChI=1S/C15H20O.C8H7BrO/c1-3-4-5-6-7-8-14-9-11-15(12-10-14)13(2)16;1-6(10)7-2-4-8(9)5-3-7/h7-12H,3-6H2,1-2H3;2-5H,1H3/b8-7+;. The number of allylic oxidation sites excluding steroid dienone is 1. The quantitative estimate of drug-likeness (QED) is 0.356. The van der Waals surface area contributed by atoms with Crippen LogP contribution in [-0.4, -0.2) is 11.6 Å². The van der Waals surface area contributed by atoms with Crippen LogP contribution >= 0.6 is 15.9 Å². The average molecular weight is 415 g/mol. The molecule has 0 unspecified atom stereocenters. The van der Waals surface area contributed by atoms with Gasteiger partial charge in [-0.05, 0) is 44.4 Å². The highest BCUT2D eigenvalue weighted by Gasteiger charge is 1.97. The molecule has 3 heteroatoms. The van der Waals surface area contributed by atoms with Gasteiger partial charge in [-0.3, -0.25) is 9.59 Å². The van der Waals surface area contributed by atoms with Gasteiger partial charge in [0.15, 0.2) is 11.6 Å². The molecule has 2 aromatic carbocycles. The first kappa shape index (κ1) is 22.0. The molecule has 0 fully saturated rings. The Bertz CT molecular complexity index is 713. The van der Waals surface area contributed by atoms with Crippen molar-refractivity contribution in [3.05, 3.63) is 75.8 Å². The third kappa shape index (κ3) is 8.91. The molecule has 0 aromatic heterocycles.